The standard InChI is InChI=1S/C10H8F2N4/c11-7-2-1-6(5-8(7)12)15-10-14-4-3-9(13)16-10/h1-5H,(H3,13,14,15,16). The van der Waals surface area contributed by atoms with E-state index in [2.05, 4.69) is 15.3 Å². The minimum atomic E-state index is -0.936. The Kier molecular flexibility index (Phi) is 2.63. The largest absolute Gasteiger partial charge is 0.384 e. The van der Waals surface area contributed by atoms with E-state index in [9.17, 15) is 8.78 Å². The average Bonchev–Trinajstić information content (AvgIpc) is 2.24. The van der Waals surface area contributed by atoms with Gasteiger partial charge in [-0.15, -0.1) is 0 Å². The van der Waals surface area contributed by atoms with Crippen molar-refractivity contribution in [2.75, 3.05) is 11.1 Å². The topological polar surface area (TPSA) is 63.8 Å². The summed E-state index contributed by atoms with van der Waals surface area (Å²) in [6, 6.07) is 4.94. The molecule has 4 nitrogen and oxygen atoms in total. The Labute approximate surface area is 90.1 Å². The quantitative estimate of drug-likeness (QED) is 0.816. The number of anilines is 3. The van der Waals surface area contributed by atoms with Crippen LogP contribution in [-0.4, -0.2) is 9.97 Å². The number of rotatable bonds is 2. The molecule has 1 aromatic carbocycles. The van der Waals surface area contributed by atoms with E-state index in [0.29, 0.717) is 11.5 Å². The van der Waals surface area contributed by atoms with Gasteiger partial charge in [0.05, 0.1) is 0 Å². The van der Waals surface area contributed by atoms with Crippen molar-refractivity contribution in [1.82, 2.24) is 9.97 Å². The zero-order valence-corrected chi connectivity index (χ0v) is 8.11. The van der Waals surface area contributed by atoms with E-state index in [-0.39, 0.29) is 5.95 Å². The molecule has 1 aromatic heterocycles. The Bertz CT molecular complexity index is 516. The maximum Gasteiger partial charge on any atom is 0.229 e. The summed E-state index contributed by atoms with van der Waals surface area (Å²) in [7, 11) is 0. The monoisotopic (exact) mass is 222 g/mol. The fraction of sp³-hybridized carbons (Fsp3) is 0. The van der Waals surface area contributed by atoms with Gasteiger partial charge in [0.25, 0.3) is 0 Å². The van der Waals surface area contributed by atoms with Gasteiger partial charge < -0.3 is 11.1 Å². The minimum Gasteiger partial charge on any atom is -0.384 e. The zero-order chi connectivity index (χ0) is 11.5. The normalized spacial score (nSPS) is 10.1. The Hall–Kier alpha value is -2.24. The van der Waals surface area contributed by atoms with E-state index in [0.717, 1.165) is 12.1 Å². The van der Waals surface area contributed by atoms with Crippen molar-refractivity contribution in [3.63, 3.8) is 0 Å². The number of benzene rings is 1. The summed E-state index contributed by atoms with van der Waals surface area (Å²) in [5, 5.41) is 2.70. The summed E-state index contributed by atoms with van der Waals surface area (Å²) >= 11 is 0. The van der Waals surface area contributed by atoms with Crippen molar-refractivity contribution in [2.24, 2.45) is 0 Å². The number of hydrogen-bond donors (Lipinski definition) is 2. The maximum absolute atomic E-state index is 12.9. The van der Waals surface area contributed by atoms with Crippen molar-refractivity contribution in [1.29, 1.82) is 0 Å². The van der Waals surface area contributed by atoms with E-state index in [4.69, 9.17) is 5.73 Å². The second kappa shape index (κ2) is 4.09. The third-order valence-electron chi connectivity index (χ3n) is 1.85. The number of nitrogens with one attached hydrogen (secondary N) is 1. The number of nitrogen functional groups attached to an aromatic ring is 1. The first kappa shape index (κ1) is 10.3. The van der Waals surface area contributed by atoms with Crippen LogP contribution in [-0.2, 0) is 0 Å². The van der Waals surface area contributed by atoms with E-state index in [1.54, 1.807) is 0 Å². The zero-order valence-electron chi connectivity index (χ0n) is 8.11. The van der Waals surface area contributed by atoms with Crippen LogP contribution >= 0.6 is 0 Å². The molecule has 0 unspecified atom stereocenters. The molecule has 2 aromatic rings. The van der Waals surface area contributed by atoms with Crippen LogP contribution in [0.1, 0.15) is 0 Å². The van der Waals surface area contributed by atoms with Gasteiger partial charge in [0, 0.05) is 18.0 Å². The summed E-state index contributed by atoms with van der Waals surface area (Å²) in [6.45, 7) is 0. The fourth-order valence-corrected chi connectivity index (χ4v) is 1.14. The summed E-state index contributed by atoms with van der Waals surface area (Å²) in [4.78, 5) is 7.73. The molecule has 0 amide bonds. The summed E-state index contributed by atoms with van der Waals surface area (Å²) < 4.78 is 25.5. The Morgan fingerprint density at radius 1 is 1.12 bits per heavy atom. The highest BCUT2D eigenvalue weighted by atomic mass is 19.2. The lowest BCUT2D eigenvalue weighted by molar-refractivity contribution is 0.509. The van der Waals surface area contributed by atoms with Gasteiger partial charge in [0.15, 0.2) is 11.6 Å². The van der Waals surface area contributed by atoms with Gasteiger partial charge in [-0.05, 0) is 18.2 Å². The van der Waals surface area contributed by atoms with E-state index in [1.165, 1.54) is 18.3 Å². The number of hydrogen-bond acceptors (Lipinski definition) is 4. The molecule has 16 heavy (non-hydrogen) atoms. The van der Waals surface area contributed by atoms with Crippen LogP contribution in [0.4, 0.5) is 26.2 Å². The van der Waals surface area contributed by atoms with Gasteiger partial charge >= 0.3 is 0 Å². The minimum absolute atomic E-state index is 0.228. The molecule has 1 heterocycles. The predicted molar refractivity (Wildman–Crippen MR) is 56.1 cm³/mol. The van der Waals surface area contributed by atoms with E-state index >= 15 is 0 Å². The molecule has 0 atom stereocenters. The molecule has 0 aliphatic rings. The highest BCUT2D eigenvalue weighted by molar-refractivity contribution is 5.54. The van der Waals surface area contributed by atoms with Crippen molar-refractivity contribution >= 4 is 17.5 Å². The van der Waals surface area contributed by atoms with Gasteiger partial charge in [-0.1, -0.05) is 0 Å². The van der Waals surface area contributed by atoms with Gasteiger partial charge in [0.2, 0.25) is 5.95 Å². The van der Waals surface area contributed by atoms with Gasteiger partial charge in [0.1, 0.15) is 5.82 Å². The Morgan fingerprint density at radius 3 is 2.62 bits per heavy atom. The lowest BCUT2D eigenvalue weighted by Crippen LogP contribution is -2.00. The highest BCUT2D eigenvalue weighted by Gasteiger charge is 2.03. The van der Waals surface area contributed by atoms with Crippen LogP contribution in [0.5, 0.6) is 0 Å². The predicted octanol–water partition coefficient (Wildman–Crippen LogP) is 2.08. The van der Waals surface area contributed by atoms with Crippen LogP contribution in [0.15, 0.2) is 30.5 Å². The van der Waals surface area contributed by atoms with Crippen LogP contribution in [0, 0.1) is 11.6 Å². The molecule has 6 heteroatoms. The lowest BCUT2D eigenvalue weighted by atomic mass is 10.3. The first-order valence-corrected chi connectivity index (χ1v) is 4.46. The SMILES string of the molecule is Nc1ccnc(Nc2ccc(F)c(F)c2)n1. The van der Waals surface area contributed by atoms with Crippen molar-refractivity contribution < 1.29 is 8.78 Å². The van der Waals surface area contributed by atoms with Gasteiger partial charge in [-0.3, -0.25) is 0 Å². The van der Waals surface area contributed by atoms with Crippen molar-refractivity contribution in [3.05, 3.63) is 42.1 Å². The molecule has 0 bridgehead atoms. The Morgan fingerprint density at radius 2 is 1.94 bits per heavy atom. The summed E-state index contributed by atoms with van der Waals surface area (Å²) in [5.41, 5.74) is 5.79. The third kappa shape index (κ3) is 2.22. The first-order chi connectivity index (χ1) is 7.65. The van der Waals surface area contributed by atoms with Crippen LogP contribution in [0.25, 0.3) is 0 Å². The van der Waals surface area contributed by atoms with Crippen LogP contribution < -0.4 is 11.1 Å². The number of nitrogens with zero attached hydrogens (tertiary/aromatic N) is 2. The molecule has 2 rings (SSSR count). The maximum atomic E-state index is 12.9. The third-order valence-corrected chi connectivity index (χ3v) is 1.85. The van der Waals surface area contributed by atoms with Crippen molar-refractivity contribution in [2.45, 2.75) is 0 Å². The molecular weight excluding hydrogens is 214 g/mol. The van der Waals surface area contributed by atoms with E-state index in [1.807, 2.05) is 0 Å². The first-order valence-electron chi connectivity index (χ1n) is 4.46. The van der Waals surface area contributed by atoms with Crippen LogP contribution in [0.3, 0.4) is 0 Å². The number of aromatic nitrogens is 2. The highest BCUT2D eigenvalue weighted by Crippen LogP contribution is 2.16. The van der Waals surface area contributed by atoms with Gasteiger partial charge in [-0.25, -0.2) is 13.8 Å². The lowest BCUT2D eigenvalue weighted by Gasteiger charge is -2.04. The van der Waals surface area contributed by atoms with Gasteiger partial charge in [-0.2, -0.15) is 4.98 Å². The molecule has 0 saturated heterocycles. The molecule has 0 fully saturated rings. The number of halogens is 2. The summed E-state index contributed by atoms with van der Waals surface area (Å²) in [6.07, 6.45) is 1.46. The molecule has 0 saturated carbocycles. The molecule has 0 aliphatic heterocycles. The summed E-state index contributed by atoms with van der Waals surface area (Å²) in [5.74, 6) is -1.32. The molecule has 0 aliphatic carbocycles. The van der Waals surface area contributed by atoms with E-state index < -0.39 is 11.6 Å². The molecule has 82 valence electrons. The molecule has 0 radical (unpaired) electrons. The second-order valence-corrected chi connectivity index (χ2v) is 3.06. The molecular formula is C10H8F2N4. The second-order valence-electron chi connectivity index (χ2n) is 3.06. The average molecular weight is 222 g/mol. The molecule has 0 spiro atoms. The smallest absolute Gasteiger partial charge is 0.229 e. The van der Waals surface area contributed by atoms with Crippen LogP contribution in [0.2, 0.25) is 0 Å². The Balaban J connectivity index is 2.24. The van der Waals surface area contributed by atoms with Crippen molar-refractivity contribution in [3.8, 4) is 0 Å². The fourth-order valence-electron chi connectivity index (χ4n) is 1.14. The molecule has 3 N–H and O–H groups in total. The number of nitrogens with two attached hydrogens (primary N) is 1.